The van der Waals surface area contributed by atoms with Crippen LogP contribution in [-0.2, 0) is 27.2 Å². The van der Waals surface area contributed by atoms with E-state index in [9.17, 15) is 24.6 Å². The number of nitrogens with two attached hydrogens (primary N) is 1. The van der Waals surface area contributed by atoms with Gasteiger partial charge in [0.05, 0.1) is 18.7 Å². The van der Waals surface area contributed by atoms with Crippen molar-refractivity contribution in [1.29, 1.82) is 0 Å². The summed E-state index contributed by atoms with van der Waals surface area (Å²) >= 11 is 0. The van der Waals surface area contributed by atoms with Crippen molar-refractivity contribution in [1.82, 2.24) is 15.1 Å². The van der Waals surface area contributed by atoms with Crippen LogP contribution in [0.2, 0.25) is 0 Å². The van der Waals surface area contributed by atoms with Crippen molar-refractivity contribution in [2.45, 2.75) is 57.8 Å². The number of amides is 3. The number of aliphatic hydroxyl groups excluding tert-OH is 1. The van der Waals surface area contributed by atoms with Crippen LogP contribution in [0.3, 0.4) is 0 Å². The molecule has 0 saturated carbocycles. The maximum atomic E-state index is 13.7. The molecule has 0 radical (unpaired) electrons. The van der Waals surface area contributed by atoms with Crippen molar-refractivity contribution >= 4 is 17.7 Å². The van der Waals surface area contributed by atoms with Gasteiger partial charge in [0.1, 0.15) is 17.8 Å². The van der Waals surface area contributed by atoms with Gasteiger partial charge in [-0.15, -0.1) is 0 Å². The first-order chi connectivity index (χ1) is 17.5. The SMILES string of the molecule is CC(C)[C@H](N)C(=O)N(C)[C@@H](Cc1ccccc1)C(=O)N[C@@H](Cc1ccc(O)cc1)C(=O)N(C)[C@H](C)CO. The number of aromatic hydroxyl groups is 1. The summed E-state index contributed by atoms with van der Waals surface area (Å²) in [6.07, 6.45) is 0.400. The van der Waals surface area contributed by atoms with Gasteiger partial charge in [-0.25, -0.2) is 0 Å². The fourth-order valence-corrected chi connectivity index (χ4v) is 3.84. The standard InChI is InChI=1S/C28H40N4O5/c1-18(2)25(29)28(37)32(5)24(16-20-9-7-6-8-10-20)26(35)30-23(27(36)31(4)19(3)17-33)15-21-11-13-22(34)14-12-21/h6-14,18-19,23-25,33-34H,15-17,29H2,1-5H3,(H,30,35)/t19-,23+,24+,25+/m1/s1. The topological polar surface area (TPSA) is 136 Å². The number of hydrogen-bond acceptors (Lipinski definition) is 6. The number of nitrogens with zero attached hydrogens (tertiary/aromatic N) is 2. The predicted molar refractivity (Wildman–Crippen MR) is 143 cm³/mol. The molecule has 5 N–H and O–H groups in total. The van der Waals surface area contributed by atoms with Crippen molar-refractivity contribution in [3.63, 3.8) is 0 Å². The first-order valence-electron chi connectivity index (χ1n) is 12.5. The van der Waals surface area contributed by atoms with Gasteiger partial charge in [-0.05, 0) is 36.1 Å². The van der Waals surface area contributed by atoms with E-state index in [1.165, 1.54) is 21.9 Å². The molecule has 4 atom stereocenters. The maximum absolute atomic E-state index is 13.7. The number of rotatable bonds is 12. The normalized spacial score (nSPS) is 14.4. The molecule has 0 fully saturated rings. The van der Waals surface area contributed by atoms with Crippen LogP contribution in [0.15, 0.2) is 54.6 Å². The van der Waals surface area contributed by atoms with Crippen molar-refractivity contribution < 1.29 is 24.6 Å². The van der Waals surface area contributed by atoms with Gasteiger partial charge < -0.3 is 31.1 Å². The number of nitrogens with one attached hydrogen (secondary N) is 1. The zero-order chi connectivity index (χ0) is 27.7. The largest absolute Gasteiger partial charge is 0.508 e. The molecule has 0 unspecified atom stereocenters. The van der Waals surface area contributed by atoms with Crippen LogP contribution >= 0.6 is 0 Å². The lowest BCUT2D eigenvalue weighted by molar-refractivity contribution is -0.142. The molecule has 0 aliphatic rings. The first kappa shape index (κ1) is 29.8. The van der Waals surface area contributed by atoms with E-state index in [4.69, 9.17) is 5.73 Å². The number of carbonyl (C=O) groups is 3. The van der Waals surface area contributed by atoms with E-state index in [-0.39, 0.29) is 42.9 Å². The second kappa shape index (κ2) is 13.8. The predicted octanol–water partition coefficient (Wildman–Crippen LogP) is 1.31. The van der Waals surface area contributed by atoms with Crippen LogP contribution < -0.4 is 11.1 Å². The van der Waals surface area contributed by atoms with Crippen molar-refractivity contribution in [3.05, 3.63) is 65.7 Å². The van der Waals surface area contributed by atoms with E-state index < -0.39 is 30.1 Å². The number of carbonyl (C=O) groups excluding carboxylic acids is 3. The number of benzene rings is 2. The van der Waals surface area contributed by atoms with Gasteiger partial charge in [0, 0.05) is 26.9 Å². The number of hydrogen-bond donors (Lipinski definition) is 4. The number of likely N-dealkylation sites (N-methyl/N-ethyl adjacent to an activating group) is 2. The molecule has 2 aromatic carbocycles. The highest BCUT2D eigenvalue weighted by molar-refractivity contribution is 5.93. The molecule has 0 aliphatic carbocycles. The average Bonchev–Trinajstić information content (AvgIpc) is 2.90. The highest BCUT2D eigenvalue weighted by Crippen LogP contribution is 2.15. The average molecular weight is 513 g/mol. The van der Waals surface area contributed by atoms with Gasteiger partial charge in [0.15, 0.2) is 0 Å². The molecule has 0 bridgehead atoms. The quantitative estimate of drug-likeness (QED) is 0.339. The molecule has 37 heavy (non-hydrogen) atoms. The number of phenols is 1. The van der Waals surface area contributed by atoms with E-state index >= 15 is 0 Å². The first-order valence-corrected chi connectivity index (χ1v) is 12.5. The third kappa shape index (κ3) is 8.30. The Labute approximate surface area is 219 Å². The maximum Gasteiger partial charge on any atom is 0.245 e. The Hall–Kier alpha value is -3.43. The molecule has 0 aromatic heterocycles. The minimum Gasteiger partial charge on any atom is -0.508 e. The molecule has 202 valence electrons. The second-order valence-corrected chi connectivity index (χ2v) is 9.84. The molecule has 0 aliphatic heterocycles. The third-order valence-electron chi connectivity index (χ3n) is 6.66. The fourth-order valence-electron chi connectivity index (χ4n) is 3.84. The van der Waals surface area contributed by atoms with Crippen LogP contribution in [0.4, 0.5) is 0 Å². The molecular formula is C28H40N4O5. The molecular weight excluding hydrogens is 472 g/mol. The summed E-state index contributed by atoms with van der Waals surface area (Å²) in [7, 11) is 3.12. The van der Waals surface area contributed by atoms with Crippen LogP contribution in [0, 0.1) is 5.92 Å². The lowest BCUT2D eigenvalue weighted by atomic mass is 9.99. The van der Waals surface area contributed by atoms with Gasteiger partial charge in [0.25, 0.3) is 0 Å². The summed E-state index contributed by atoms with van der Waals surface area (Å²) in [6.45, 7) is 5.15. The third-order valence-corrected chi connectivity index (χ3v) is 6.66. The molecule has 0 saturated heterocycles. The summed E-state index contributed by atoms with van der Waals surface area (Å²) in [5.41, 5.74) is 7.70. The number of aliphatic hydroxyl groups is 1. The van der Waals surface area contributed by atoms with Gasteiger partial charge in [-0.3, -0.25) is 14.4 Å². The molecule has 0 heterocycles. The zero-order valence-corrected chi connectivity index (χ0v) is 22.3. The zero-order valence-electron chi connectivity index (χ0n) is 22.3. The van der Waals surface area contributed by atoms with Gasteiger partial charge in [-0.2, -0.15) is 0 Å². The summed E-state index contributed by atoms with van der Waals surface area (Å²) in [5, 5.41) is 22.0. The Kier molecular flexibility index (Phi) is 11.1. The number of phenolic OH excluding ortho intramolecular Hbond substituents is 1. The van der Waals surface area contributed by atoms with E-state index in [0.717, 1.165) is 11.1 Å². The summed E-state index contributed by atoms with van der Waals surface area (Å²) in [5.74, 6) is -1.26. The highest BCUT2D eigenvalue weighted by Gasteiger charge is 2.34. The Morgan fingerprint density at radius 2 is 1.43 bits per heavy atom. The van der Waals surface area contributed by atoms with Crippen molar-refractivity contribution in [2.75, 3.05) is 20.7 Å². The Bertz CT molecular complexity index is 1030. The molecule has 2 rings (SSSR count). The lowest BCUT2D eigenvalue weighted by Gasteiger charge is -2.33. The highest BCUT2D eigenvalue weighted by atomic mass is 16.3. The summed E-state index contributed by atoms with van der Waals surface area (Å²) in [4.78, 5) is 42.9. The Morgan fingerprint density at radius 1 is 0.865 bits per heavy atom. The summed E-state index contributed by atoms with van der Waals surface area (Å²) in [6, 6.07) is 12.6. The van der Waals surface area contributed by atoms with Crippen LogP contribution in [-0.4, -0.2) is 82.6 Å². The molecule has 0 spiro atoms. The van der Waals surface area contributed by atoms with Crippen molar-refractivity contribution in [3.8, 4) is 5.75 Å². The van der Waals surface area contributed by atoms with E-state index in [0.29, 0.717) is 0 Å². The van der Waals surface area contributed by atoms with Crippen LogP contribution in [0.5, 0.6) is 5.75 Å². The fraction of sp³-hybridized carbons (Fsp3) is 0.464. The minimum atomic E-state index is -0.961. The second-order valence-electron chi connectivity index (χ2n) is 9.84. The monoisotopic (exact) mass is 512 g/mol. The van der Waals surface area contributed by atoms with Crippen LogP contribution in [0.1, 0.15) is 31.9 Å². The summed E-state index contributed by atoms with van der Waals surface area (Å²) < 4.78 is 0. The smallest absolute Gasteiger partial charge is 0.245 e. The van der Waals surface area contributed by atoms with E-state index in [1.54, 1.807) is 33.2 Å². The molecule has 9 nitrogen and oxygen atoms in total. The van der Waals surface area contributed by atoms with Gasteiger partial charge >= 0.3 is 0 Å². The van der Waals surface area contributed by atoms with E-state index in [1.807, 2.05) is 44.2 Å². The molecule has 3 amide bonds. The molecule has 9 heteroatoms. The van der Waals surface area contributed by atoms with Crippen molar-refractivity contribution in [2.24, 2.45) is 11.7 Å². The van der Waals surface area contributed by atoms with Crippen LogP contribution in [0.25, 0.3) is 0 Å². The Morgan fingerprint density at radius 3 is 1.97 bits per heavy atom. The van der Waals surface area contributed by atoms with Gasteiger partial charge in [0.2, 0.25) is 17.7 Å². The van der Waals surface area contributed by atoms with Gasteiger partial charge in [-0.1, -0.05) is 56.3 Å². The molecule has 2 aromatic rings. The minimum absolute atomic E-state index is 0.0891. The Balaban J connectivity index is 2.38. The van der Waals surface area contributed by atoms with E-state index in [2.05, 4.69) is 5.32 Å². The lowest BCUT2D eigenvalue weighted by Crippen LogP contribution is -2.58.